The van der Waals surface area contributed by atoms with Crippen LogP contribution in [0.25, 0.3) is 0 Å². The lowest BCUT2D eigenvalue weighted by molar-refractivity contribution is -0.116. The van der Waals surface area contributed by atoms with Gasteiger partial charge in [-0.3, -0.25) is 4.79 Å². The minimum atomic E-state index is -1.05. The molecule has 5 heteroatoms. The SMILES string of the molecule is Cc1ccc(NC(=O)Cn2cccc2C(=O)O)c(C)c1. The molecule has 1 heterocycles. The van der Waals surface area contributed by atoms with Crippen LogP contribution in [0.5, 0.6) is 0 Å². The molecule has 0 spiro atoms. The molecule has 20 heavy (non-hydrogen) atoms. The minimum absolute atomic E-state index is 0.0258. The number of benzene rings is 1. The Kier molecular flexibility index (Phi) is 3.89. The Morgan fingerprint density at radius 2 is 2.00 bits per heavy atom. The number of hydrogen-bond donors (Lipinski definition) is 2. The maximum absolute atomic E-state index is 12.0. The quantitative estimate of drug-likeness (QED) is 0.898. The smallest absolute Gasteiger partial charge is 0.352 e. The van der Waals surface area contributed by atoms with Crippen molar-refractivity contribution < 1.29 is 14.7 Å². The number of nitrogens with zero attached hydrogens (tertiary/aromatic N) is 1. The molecule has 0 unspecified atom stereocenters. The molecule has 2 aromatic rings. The van der Waals surface area contributed by atoms with E-state index in [0.29, 0.717) is 0 Å². The molecular weight excluding hydrogens is 256 g/mol. The van der Waals surface area contributed by atoms with Crippen LogP contribution in [0, 0.1) is 13.8 Å². The summed E-state index contributed by atoms with van der Waals surface area (Å²) in [6, 6.07) is 8.81. The fourth-order valence-corrected chi connectivity index (χ4v) is 2.04. The summed E-state index contributed by atoms with van der Waals surface area (Å²) < 4.78 is 1.40. The van der Waals surface area contributed by atoms with E-state index in [1.807, 2.05) is 32.0 Å². The lowest BCUT2D eigenvalue weighted by Gasteiger charge is -2.10. The molecule has 0 bridgehead atoms. The van der Waals surface area contributed by atoms with Gasteiger partial charge in [-0.15, -0.1) is 0 Å². The summed E-state index contributed by atoms with van der Waals surface area (Å²) >= 11 is 0. The van der Waals surface area contributed by atoms with Gasteiger partial charge in [-0.05, 0) is 37.6 Å². The second-order valence-electron chi connectivity index (χ2n) is 4.69. The van der Waals surface area contributed by atoms with Crippen molar-refractivity contribution in [1.82, 2.24) is 4.57 Å². The van der Waals surface area contributed by atoms with Gasteiger partial charge in [0.2, 0.25) is 5.91 Å². The first-order valence-electron chi connectivity index (χ1n) is 6.23. The van der Waals surface area contributed by atoms with Crippen molar-refractivity contribution >= 4 is 17.6 Å². The number of rotatable bonds is 4. The summed E-state index contributed by atoms with van der Waals surface area (Å²) in [5, 5.41) is 11.8. The van der Waals surface area contributed by atoms with Gasteiger partial charge in [-0.1, -0.05) is 17.7 Å². The molecule has 0 aliphatic rings. The average molecular weight is 272 g/mol. The highest BCUT2D eigenvalue weighted by molar-refractivity contribution is 5.92. The Morgan fingerprint density at radius 3 is 2.65 bits per heavy atom. The first kappa shape index (κ1) is 13.9. The summed E-state index contributed by atoms with van der Waals surface area (Å²) in [4.78, 5) is 22.9. The number of carboxylic acid groups (broad SMARTS) is 1. The highest BCUT2D eigenvalue weighted by Crippen LogP contribution is 2.16. The zero-order valence-corrected chi connectivity index (χ0v) is 11.4. The monoisotopic (exact) mass is 272 g/mol. The van der Waals surface area contributed by atoms with Gasteiger partial charge in [-0.25, -0.2) is 4.79 Å². The van der Waals surface area contributed by atoms with Gasteiger partial charge in [0, 0.05) is 11.9 Å². The molecule has 0 atom stereocenters. The zero-order valence-electron chi connectivity index (χ0n) is 11.4. The number of aromatic carboxylic acids is 1. The number of nitrogens with one attached hydrogen (secondary N) is 1. The first-order valence-corrected chi connectivity index (χ1v) is 6.23. The maximum Gasteiger partial charge on any atom is 0.352 e. The van der Waals surface area contributed by atoms with Gasteiger partial charge in [0.05, 0.1) is 0 Å². The molecule has 1 aromatic carbocycles. The number of hydrogen-bond acceptors (Lipinski definition) is 2. The molecule has 5 nitrogen and oxygen atoms in total. The summed E-state index contributed by atoms with van der Waals surface area (Å²) in [6.45, 7) is 3.88. The Bertz CT molecular complexity index is 659. The number of amides is 1. The average Bonchev–Trinajstić information content (AvgIpc) is 2.81. The minimum Gasteiger partial charge on any atom is -0.477 e. The summed E-state index contributed by atoms with van der Waals surface area (Å²) in [5.41, 5.74) is 2.94. The number of aryl methyl sites for hydroxylation is 2. The second-order valence-corrected chi connectivity index (χ2v) is 4.69. The van der Waals surface area contributed by atoms with Crippen molar-refractivity contribution in [2.24, 2.45) is 0 Å². The highest BCUT2D eigenvalue weighted by atomic mass is 16.4. The third kappa shape index (κ3) is 3.06. The molecule has 0 saturated heterocycles. The molecule has 0 aliphatic heterocycles. The lowest BCUT2D eigenvalue weighted by Crippen LogP contribution is -2.21. The van der Waals surface area contributed by atoms with Gasteiger partial charge >= 0.3 is 5.97 Å². The second kappa shape index (κ2) is 5.61. The van der Waals surface area contributed by atoms with Crippen LogP contribution >= 0.6 is 0 Å². The van der Waals surface area contributed by atoms with Crippen LogP contribution in [0.15, 0.2) is 36.5 Å². The molecule has 0 radical (unpaired) electrons. The number of carbonyl (C=O) groups excluding carboxylic acids is 1. The van der Waals surface area contributed by atoms with E-state index in [4.69, 9.17) is 5.11 Å². The van der Waals surface area contributed by atoms with E-state index >= 15 is 0 Å². The van der Waals surface area contributed by atoms with Crippen LogP contribution in [0.3, 0.4) is 0 Å². The van der Waals surface area contributed by atoms with Gasteiger partial charge in [0.1, 0.15) is 12.2 Å². The van der Waals surface area contributed by atoms with Crippen LogP contribution in [-0.2, 0) is 11.3 Å². The van der Waals surface area contributed by atoms with Crippen LogP contribution in [0.1, 0.15) is 21.6 Å². The fraction of sp³-hybridized carbons (Fsp3) is 0.200. The third-order valence-electron chi connectivity index (χ3n) is 3.02. The number of carboxylic acids is 1. The summed E-state index contributed by atoms with van der Waals surface area (Å²) in [6.07, 6.45) is 1.57. The van der Waals surface area contributed by atoms with Gasteiger partial charge in [0.15, 0.2) is 0 Å². The standard InChI is InChI=1S/C15H16N2O3/c1-10-5-6-12(11(2)8-10)16-14(18)9-17-7-3-4-13(17)15(19)20/h3-8H,9H2,1-2H3,(H,16,18)(H,19,20). The lowest BCUT2D eigenvalue weighted by atomic mass is 10.1. The predicted molar refractivity (Wildman–Crippen MR) is 75.9 cm³/mol. The highest BCUT2D eigenvalue weighted by Gasteiger charge is 2.12. The molecule has 0 aliphatic carbocycles. The van der Waals surface area contributed by atoms with E-state index in [9.17, 15) is 9.59 Å². The van der Waals surface area contributed by atoms with E-state index in [-0.39, 0.29) is 18.1 Å². The zero-order chi connectivity index (χ0) is 14.7. The third-order valence-corrected chi connectivity index (χ3v) is 3.02. The van der Waals surface area contributed by atoms with E-state index in [1.165, 1.54) is 10.6 Å². The van der Waals surface area contributed by atoms with Crippen molar-refractivity contribution in [3.8, 4) is 0 Å². The van der Waals surface area contributed by atoms with Crippen LogP contribution < -0.4 is 5.32 Å². The molecule has 2 N–H and O–H groups in total. The van der Waals surface area contributed by atoms with Gasteiger partial charge in [0.25, 0.3) is 0 Å². The van der Waals surface area contributed by atoms with E-state index in [2.05, 4.69) is 5.32 Å². The Balaban J connectivity index is 2.09. The largest absolute Gasteiger partial charge is 0.477 e. The van der Waals surface area contributed by atoms with Crippen molar-refractivity contribution in [2.75, 3.05) is 5.32 Å². The van der Waals surface area contributed by atoms with Crippen LogP contribution in [-0.4, -0.2) is 21.6 Å². The number of anilines is 1. The van der Waals surface area contributed by atoms with E-state index in [0.717, 1.165) is 16.8 Å². The first-order chi connectivity index (χ1) is 9.47. The van der Waals surface area contributed by atoms with Gasteiger partial charge < -0.3 is 15.0 Å². The molecule has 2 rings (SSSR count). The van der Waals surface area contributed by atoms with Crippen molar-refractivity contribution in [2.45, 2.75) is 20.4 Å². The Labute approximate surface area is 116 Å². The molecular formula is C15H16N2O3. The van der Waals surface area contributed by atoms with E-state index in [1.54, 1.807) is 12.3 Å². The topological polar surface area (TPSA) is 71.3 Å². The summed E-state index contributed by atoms with van der Waals surface area (Å²) in [7, 11) is 0. The Hall–Kier alpha value is -2.56. The van der Waals surface area contributed by atoms with Crippen molar-refractivity contribution in [1.29, 1.82) is 0 Å². The maximum atomic E-state index is 12.0. The Morgan fingerprint density at radius 1 is 1.25 bits per heavy atom. The molecule has 0 fully saturated rings. The predicted octanol–water partition coefficient (Wildman–Crippen LogP) is 2.44. The van der Waals surface area contributed by atoms with Gasteiger partial charge in [-0.2, -0.15) is 0 Å². The number of carbonyl (C=O) groups is 2. The van der Waals surface area contributed by atoms with Crippen molar-refractivity contribution in [3.05, 3.63) is 53.3 Å². The molecule has 1 aromatic heterocycles. The van der Waals surface area contributed by atoms with Crippen molar-refractivity contribution in [3.63, 3.8) is 0 Å². The van der Waals surface area contributed by atoms with Crippen LogP contribution in [0.4, 0.5) is 5.69 Å². The number of aromatic nitrogens is 1. The molecule has 0 saturated carbocycles. The normalized spacial score (nSPS) is 10.3. The molecule has 1 amide bonds. The summed E-state index contributed by atoms with van der Waals surface area (Å²) in [5.74, 6) is -1.30. The fourth-order valence-electron chi connectivity index (χ4n) is 2.04. The van der Waals surface area contributed by atoms with Crippen LogP contribution in [0.2, 0.25) is 0 Å². The molecule has 104 valence electrons. The van der Waals surface area contributed by atoms with E-state index < -0.39 is 5.97 Å².